The first kappa shape index (κ1) is 15.8. The molecule has 4 amide bonds. The summed E-state index contributed by atoms with van der Waals surface area (Å²) >= 11 is 0. The van der Waals surface area contributed by atoms with Crippen molar-refractivity contribution in [2.24, 2.45) is 5.92 Å². The normalized spacial score (nSPS) is 22.3. The standard InChI is InChI=1S/C18H19N3O4/c22-15(19-12-7-8-20(9-12)16(23)11-5-6-11)10-21-17(24)13-3-1-2-4-14(13)18(21)25/h1-4,11-12H,5-10H2,(H,19,22). The van der Waals surface area contributed by atoms with Crippen LogP contribution in [0.2, 0.25) is 0 Å². The van der Waals surface area contributed by atoms with Crippen molar-refractivity contribution < 1.29 is 19.2 Å². The third-order valence-electron chi connectivity index (χ3n) is 4.97. The van der Waals surface area contributed by atoms with Gasteiger partial charge >= 0.3 is 0 Å². The molecule has 130 valence electrons. The molecule has 7 heteroatoms. The summed E-state index contributed by atoms with van der Waals surface area (Å²) < 4.78 is 0. The van der Waals surface area contributed by atoms with E-state index in [1.807, 2.05) is 0 Å². The molecule has 1 saturated heterocycles. The molecule has 1 aromatic carbocycles. The van der Waals surface area contributed by atoms with Gasteiger partial charge in [0.1, 0.15) is 6.54 Å². The Morgan fingerprint density at radius 3 is 2.28 bits per heavy atom. The molecule has 4 rings (SSSR count). The second-order valence-electron chi connectivity index (χ2n) is 6.85. The molecule has 0 spiro atoms. The minimum atomic E-state index is -0.437. The molecular formula is C18H19N3O4. The highest BCUT2D eigenvalue weighted by Crippen LogP contribution is 2.32. The first-order valence-electron chi connectivity index (χ1n) is 8.58. The number of carbonyl (C=O) groups is 4. The molecular weight excluding hydrogens is 322 g/mol. The van der Waals surface area contributed by atoms with Gasteiger partial charge in [-0.2, -0.15) is 0 Å². The second kappa shape index (κ2) is 5.98. The number of carbonyl (C=O) groups excluding carboxylic acids is 4. The Hall–Kier alpha value is -2.70. The van der Waals surface area contributed by atoms with E-state index in [4.69, 9.17) is 0 Å². The second-order valence-corrected chi connectivity index (χ2v) is 6.85. The van der Waals surface area contributed by atoms with E-state index >= 15 is 0 Å². The zero-order chi connectivity index (χ0) is 17.6. The number of amides is 4. The quantitative estimate of drug-likeness (QED) is 0.804. The molecule has 2 aliphatic heterocycles. The van der Waals surface area contributed by atoms with Crippen LogP contribution in [0.4, 0.5) is 0 Å². The molecule has 3 aliphatic rings. The molecule has 1 atom stereocenters. The van der Waals surface area contributed by atoms with Gasteiger partial charge in [0.2, 0.25) is 11.8 Å². The molecule has 7 nitrogen and oxygen atoms in total. The lowest BCUT2D eigenvalue weighted by Gasteiger charge is -2.18. The molecule has 2 fully saturated rings. The average molecular weight is 341 g/mol. The summed E-state index contributed by atoms with van der Waals surface area (Å²) in [6, 6.07) is 6.44. The van der Waals surface area contributed by atoms with Crippen molar-refractivity contribution in [3.05, 3.63) is 35.4 Å². The summed E-state index contributed by atoms with van der Waals surface area (Å²) in [5.41, 5.74) is 0.671. The van der Waals surface area contributed by atoms with Crippen molar-refractivity contribution in [3.63, 3.8) is 0 Å². The van der Waals surface area contributed by atoms with Gasteiger partial charge < -0.3 is 10.2 Å². The topological polar surface area (TPSA) is 86.8 Å². The molecule has 0 radical (unpaired) electrons. The SMILES string of the molecule is O=C(CN1C(=O)c2ccccc2C1=O)NC1CCN(C(=O)C2CC2)C1. The summed E-state index contributed by atoms with van der Waals surface area (Å²) in [5.74, 6) is -0.898. The van der Waals surface area contributed by atoms with Gasteiger partial charge in [-0.25, -0.2) is 0 Å². The van der Waals surface area contributed by atoms with Gasteiger partial charge in [0.25, 0.3) is 11.8 Å². The van der Waals surface area contributed by atoms with E-state index in [1.54, 1.807) is 29.2 Å². The Morgan fingerprint density at radius 2 is 1.68 bits per heavy atom. The number of likely N-dealkylation sites (tertiary alicyclic amines) is 1. The zero-order valence-electron chi connectivity index (χ0n) is 13.7. The maximum atomic E-state index is 12.3. The van der Waals surface area contributed by atoms with E-state index < -0.39 is 11.8 Å². The number of imide groups is 1. The number of rotatable bonds is 4. The van der Waals surface area contributed by atoms with E-state index in [-0.39, 0.29) is 30.3 Å². The van der Waals surface area contributed by atoms with Gasteiger partial charge in [0.15, 0.2) is 0 Å². The number of hydrogen-bond donors (Lipinski definition) is 1. The Balaban J connectivity index is 1.33. The molecule has 25 heavy (non-hydrogen) atoms. The maximum Gasteiger partial charge on any atom is 0.262 e. The van der Waals surface area contributed by atoms with Crippen molar-refractivity contribution in [1.29, 1.82) is 0 Å². The number of benzene rings is 1. The van der Waals surface area contributed by atoms with Crippen molar-refractivity contribution in [1.82, 2.24) is 15.1 Å². The highest BCUT2D eigenvalue weighted by Gasteiger charge is 2.38. The number of hydrogen-bond acceptors (Lipinski definition) is 4. The van der Waals surface area contributed by atoms with E-state index in [2.05, 4.69) is 5.32 Å². The summed E-state index contributed by atoms with van der Waals surface area (Å²) in [7, 11) is 0. The van der Waals surface area contributed by atoms with Gasteiger partial charge in [-0.15, -0.1) is 0 Å². The van der Waals surface area contributed by atoms with Crippen molar-refractivity contribution in [3.8, 4) is 0 Å². The van der Waals surface area contributed by atoms with Gasteiger partial charge in [-0.3, -0.25) is 24.1 Å². The Labute approximate surface area is 145 Å². The van der Waals surface area contributed by atoms with Crippen LogP contribution in [0, 0.1) is 5.92 Å². The lowest BCUT2D eigenvalue weighted by atomic mass is 10.1. The van der Waals surface area contributed by atoms with Gasteiger partial charge in [0, 0.05) is 25.0 Å². The molecule has 1 aliphatic carbocycles. The van der Waals surface area contributed by atoms with Crippen LogP contribution >= 0.6 is 0 Å². The van der Waals surface area contributed by atoms with Gasteiger partial charge in [-0.1, -0.05) is 12.1 Å². The number of nitrogens with zero attached hydrogens (tertiary/aromatic N) is 2. The lowest BCUT2D eigenvalue weighted by molar-refractivity contribution is -0.131. The predicted molar refractivity (Wildman–Crippen MR) is 87.7 cm³/mol. The van der Waals surface area contributed by atoms with Crippen LogP contribution < -0.4 is 5.32 Å². The highest BCUT2D eigenvalue weighted by molar-refractivity contribution is 6.22. The fraction of sp³-hybridized carbons (Fsp3) is 0.444. The molecule has 2 heterocycles. The van der Waals surface area contributed by atoms with Crippen LogP contribution in [0.15, 0.2) is 24.3 Å². The van der Waals surface area contributed by atoms with Crippen LogP contribution in [-0.4, -0.2) is 59.1 Å². The fourth-order valence-corrected chi connectivity index (χ4v) is 3.47. The average Bonchev–Trinajstić information content (AvgIpc) is 3.32. The number of nitrogens with one attached hydrogen (secondary N) is 1. The Bertz CT molecular complexity index is 736. The largest absolute Gasteiger partial charge is 0.350 e. The fourth-order valence-electron chi connectivity index (χ4n) is 3.47. The van der Waals surface area contributed by atoms with Gasteiger partial charge in [0.05, 0.1) is 11.1 Å². The minimum Gasteiger partial charge on any atom is -0.350 e. The molecule has 1 saturated carbocycles. The third-order valence-corrected chi connectivity index (χ3v) is 4.97. The molecule has 0 bridgehead atoms. The zero-order valence-corrected chi connectivity index (χ0v) is 13.7. The summed E-state index contributed by atoms with van der Waals surface area (Å²) in [5, 5.41) is 2.84. The predicted octanol–water partition coefficient (Wildman–Crippen LogP) is 0.410. The Kier molecular flexibility index (Phi) is 3.78. The van der Waals surface area contributed by atoms with E-state index in [0.717, 1.165) is 17.7 Å². The lowest BCUT2D eigenvalue weighted by Crippen LogP contribution is -2.45. The van der Waals surface area contributed by atoms with Crippen LogP contribution in [-0.2, 0) is 9.59 Å². The minimum absolute atomic E-state index is 0.120. The number of fused-ring (bicyclic) bond motifs is 1. The first-order valence-corrected chi connectivity index (χ1v) is 8.58. The van der Waals surface area contributed by atoms with Crippen molar-refractivity contribution in [2.75, 3.05) is 19.6 Å². The smallest absolute Gasteiger partial charge is 0.262 e. The first-order chi connectivity index (χ1) is 12.0. The molecule has 0 aromatic heterocycles. The van der Waals surface area contributed by atoms with Crippen LogP contribution in [0.3, 0.4) is 0 Å². The maximum absolute atomic E-state index is 12.3. The summed E-state index contributed by atoms with van der Waals surface area (Å²) in [4.78, 5) is 51.6. The van der Waals surface area contributed by atoms with Crippen molar-refractivity contribution >= 4 is 23.6 Å². The molecule has 1 N–H and O–H groups in total. The van der Waals surface area contributed by atoms with E-state index in [1.165, 1.54) is 0 Å². The van der Waals surface area contributed by atoms with Crippen LogP contribution in [0.25, 0.3) is 0 Å². The van der Waals surface area contributed by atoms with E-state index in [0.29, 0.717) is 30.6 Å². The molecule has 1 unspecified atom stereocenters. The summed E-state index contributed by atoms with van der Waals surface area (Å²) in [6.07, 6.45) is 2.63. The van der Waals surface area contributed by atoms with Gasteiger partial charge in [-0.05, 0) is 31.4 Å². The van der Waals surface area contributed by atoms with E-state index in [9.17, 15) is 19.2 Å². The van der Waals surface area contributed by atoms with Crippen molar-refractivity contribution in [2.45, 2.75) is 25.3 Å². The monoisotopic (exact) mass is 341 g/mol. The summed E-state index contributed by atoms with van der Waals surface area (Å²) in [6.45, 7) is 0.857. The molecule has 1 aromatic rings. The third kappa shape index (κ3) is 2.90. The van der Waals surface area contributed by atoms with Crippen LogP contribution in [0.5, 0.6) is 0 Å². The highest BCUT2D eigenvalue weighted by atomic mass is 16.2. The van der Waals surface area contributed by atoms with Crippen LogP contribution in [0.1, 0.15) is 40.0 Å². The Morgan fingerprint density at radius 1 is 1.04 bits per heavy atom.